The predicted molar refractivity (Wildman–Crippen MR) is 77.3 cm³/mol. The first-order valence-electron chi connectivity index (χ1n) is 5.87. The van der Waals surface area contributed by atoms with E-state index in [1.807, 2.05) is 16.8 Å². The van der Waals surface area contributed by atoms with E-state index < -0.39 is 11.9 Å². The minimum Gasteiger partial charge on any atom is -0.545 e. The van der Waals surface area contributed by atoms with Gasteiger partial charge in [0.25, 0.3) is 5.91 Å². The molecule has 1 N–H and O–H groups in total. The molecule has 0 aliphatic heterocycles. The Hall–Kier alpha value is -2.91. The van der Waals surface area contributed by atoms with Crippen molar-refractivity contribution in [3.63, 3.8) is 0 Å². The summed E-state index contributed by atoms with van der Waals surface area (Å²) in [5.74, 6) is -1.84. The van der Waals surface area contributed by atoms with Gasteiger partial charge < -0.3 is 15.2 Å². The highest BCUT2D eigenvalue weighted by atomic mass is 32.1. The van der Waals surface area contributed by atoms with Crippen molar-refractivity contribution < 1.29 is 14.7 Å². The lowest BCUT2D eigenvalue weighted by atomic mass is 10.1. The molecule has 21 heavy (non-hydrogen) atoms. The number of nitrogens with one attached hydrogen (secondary N) is 1. The fraction of sp³-hybridized carbons (Fsp3) is 0. The Balaban J connectivity index is 2.13. The van der Waals surface area contributed by atoms with Gasteiger partial charge in [-0.15, -0.1) is 0 Å². The molecule has 0 fully saturated rings. The summed E-state index contributed by atoms with van der Waals surface area (Å²) in [7, 11) is 0. The van der Waals surface area contributed by atoms with Gasteiger partial charge in [-0.25, -0.2) is 0 Å². The van der Waals surface area contributed by atoms with Crippen molar-refractivity contribution in [3.8, 4) is 6.07 Å². The molecule has 6 heteroatoms. The van der Waals surface area contributed by atoms with Gasteiger partial charge in [-0.2, -0.15) is 16.6 Å². The van der Waals surface area contributed by atoms with Gasteiger partial charge in [-0.1, -0.05) is 12.1 Å². The van der Waals surface area contributed by atoms with E-state index in [-0.39, 0.29) is 11.1 Å². The predicted octanol–water partition coefficient (Wildman–Crippen LogP) is 1.66. The minimum absolute atomic E-state index is 0.0160. The van der Waals surface area contributed by atoms with E-state index in [1.165, 1.54) is 41.7 Å². The quantitative estimate of drug-likeness (QED) is 0.686. The number of thiophene rings is 1. The number of nitriles is 1. The van der Waals surface area contributed by atoms with Crippen molar-refractivity contribution in [1.82, 2.24) is 0 Å². The molecule has 0 aliphatic rings. The Kier molecular flexibility index (Phi) is 4.49. The Morgan fingerprint density at radius 1 is 1.24 bits per heavy atom. The molecule has 0 bridgehead atoms. The van der Waals surface area contributed by atoms with Crippen LogP contribution in [0.25, 0.3) is 6.08 Å². The lowest BCUT2D eigenvalue weighted by Gasteiger charge is -2.06. The summed E-state index contributed by atoms with van der Waals surface area (Å²) in [6.07, 6.45) is 1.49. The van der Waals surface area contributed by atoms with Gasteiger partial charge in [0.2, 0.25) is 0 Å². The molecule has 0 spiro atoms. The normalized spacial score (nSPS) is 10.7. The van der Waals surface area contributed by atoms with Crippen molar-refractivity contribution >= 4 is 35.0 Å². The average Bonchev–Trinajstić information content (AvgIpc) is 2.98. The van der Waals surface area contributed by atoms with Crippen molar-refractivity contribution in [2.24, 2.45) is 0 Å². The topological polar surface area (TPSA) is 93.0 Å². The number of hydrogen-bond acceptors (Lipinski definition) is 5. The van der Waals surface area contributed by atoms with E-state index in [2.05, 4.69) is 5.32 Å². The van der Waals surface area contributed by atoms with Crippen LogP contribution in [0.15, 0.2) is 46.7 Å². The lowest BCUT2D eigenvalue weighted by molar-refractivity contribution is -0.255. The Bertz CT molecular complexity index is 725. The molecular formula is C15H9N2O3S-. The van der Waals surface area contributed by atoms with E-state index in [0.717, 1.165) is 5.56 Å². The van der Waals surface area contributed by atoms with Gasteiger partial charge in [0.1, 0.15) is 11.6 Å². The summed E-state index contributed by atoms with van der Waals surface area (Å²) in [6.45, 7) is 0. The number of carbonyl (C=O) groups excluding carboxylic acids is 2. The van der Waals surface area contributed by atoms with Gasteiger partial charge in [0.05, 0.1) is 5.97 Å². The van der Waals surface area contributed by atoms with Crippen molar-refractivity contribution in [2.75, 3.05) is 5.32 Å². The fourth-order valence-corrected chi connectivity index (χ4v) is 2.18. The number of rotatable bonds is 4. The highest BCUT2D eigenvalue weighted by Gasteiger charge is 2.09. The first-order valence-corrected chi connectivity index (χ1v) is 6.81. The molecule has 104 valence electrons. The van der Waals surface area contributed by atoms with Gasteiger partial charge in [-0.3, -0.25) is 4.79 Å². The maximum atomic E-state index is 12.0. The van der Waals surface area contributed by atoms with Crippen LogP contribution >= 0.6 is 11.3 Å². The van der Waals surface area contributed by atoms with E-state index >= 15 is 0 Å². The molecule has 2 aromatic rings. The zero-order chi connectivity index (χ0) is 15.2. The summed E-state index contributed by atoms with van der Waals surface area (Å²) in [6, 6.07) is 9.14. The fourth-order valence-electron chi connectivity index (χ4n) is 1.56. The van der Waals surface area contributed by atoms with Crippen LogP contribution in [0.3, 0.4) is 0 Å². The van der Waals surface area contributed by atoms with Crippen LogP contribution in [-0.2, 0) is 4.79 Å². The van der Waals surface area contributed by atoms with Gasteiger partial charge in [0, 0.05) is 5.69 Å². The minimum atomic E-state index is -1.29. The molecular weight excluding hydrogens is 288 g/mol. The summed E-state index contributed by atoms with van der Waals surface area (Å²) in [4.78, 5) is 22.6. The van der Waals surface area contributed by atoms with Gasteiger partial charge >= 0.3 is 0 Å². The molecule has 0 radical (unpaired) electrons. The number of hydrogen-bond donors (Lipinski definition) is 1. The molecule has 1 aromatic heterocycles. The summed E-state index contributed by atoms with van der Waals surface area (Å²) >= 11 is 1.46. The van der Waals surface area contributed by atoms with Crippen LogP contribution in [0.1, 0.15) is 15.9 Å². The first kappa shape index (κ1) is 14.5. The number of carboxylic acids is 1. The average molecular weight is 297 g/mol. The third kappa shape index (κ3) is 3.78. The number of nitrogens with zero attached hydrogens (tertiary/aromatic N) is 1. The molecule has 0 aliphatic carbocycles. The smallest absolute Gasteiger partial charge is 0.266 e. The molecule has 0 saturated carbocycles. The second-order valence-electron chi connectivity index (χ2n) is 4.05. The third-order valence-electron chi connectivity index (χ3n) is 2.60. The van der Waals surface area contributed by atoms with Crippen LogP contribution in [-0.4, -0.2) is 11.9 Å². The summed E-state index contributed by atoms with van der Waals surface area (Å²) in [5, 5.41) is 25.8. The lowest BCUT2D eigenvalue weighted by Crippen LogP contribution is -2.22. The monoisotopic (exact) mass is 297 g/mol. The van der Waals surface area contributed by atoms with Crippen LogP contribution in [0.4, 0.5) is 5.69 Å². The van der Waals surface area contributed by atoms with Gasteiger partial charge in [0.15, 0.2) is 0 Å². The van der Waals surface area contributed by atoms with Gasteiger partial charge in [-0.05, 0) is 46.2 Å². The molecule has 1 heterocycles. The van der Waals surface area contributed by atoms with Crippen molar-refractivity contribution in [3.05, 3.63) is 57.8 Å². The zero-order valence-electron chi connectivity index (χ0n) is 10.7. The van der Waals surface area contributed by atoms with Crippen LogP contribution < -0.4 is 10.4 Å². The number of carboxylic acid groups (broad SMARTS) is 1. The molecule has 1 aromatic carbocycles. The standard InChI is InChI=1S/C15H10N2O3S/c16-8-12(7-10-5-6-21-9-10)14(18)17-13-3-1-11(2-4-13)15(19)20/h1-7,9H,(H,17,18)(H,19,20)/p-1/b12-7+. The zero-order valence-corrected chi connectivity index (χ0v) is 11.5. The summed E-state index contributed by atoms with van der Waals surface area (Å²) in [5.41, 5.74) is 1.16. The first-order chi connectivity index (χ1) is 10.1. The van der Waals surface area contributed by atoms with E-state index in [9.17, 15) is 14.7 Å². The highest BCUT2D eigenvalue weighted by Crippen LogP contribution is 2.14. The Labute approximate surface area is 124 Å². The maximum Gasteiger partial charge on any atom is 0.266 e. The van der Waals surface area contributed by atoms with E-state index in [0.29, 0.717) is 5.69 Å². The number of anilines is 1. The van der Waals surface area contributed by atoms with Crippen LogP contribution in [0.5, 0.6) is 0 Å². The largest absolute Gasteiger partial charge is 0.545 e. The number of amides is 1. The van der Waals surface area contributed by atoms with Crippen LogP contribution in [0, 0.1) is 11.3 Å². The number of benzene rings is 1. The molecule has 5 nitrogen and oxygen atoms in total. The van der Waals surface area contributed by atoms with Crippen molar-refractivity contribution in [2.45, 2.75) is 0 Å². The number of carbonyl (C=O) groups is 2. The molecule has 0 saturated heterocycles. The molecule has 2 rings (SSSR count). The van der Waals surface area contributed by atoms with Crippen LogP contribution in [0.2, 0.25) is 0 Å². The Morgan fingerprint density at radius 2 is 1.95 bits per heavy atom. The molecule has 1 amide bonds. The maximum absolute atomic E-state index is 12.0. The van der Waals surface area contributed by atoms with E-state index in [1.54, 1.807) is 6.07 Å². The Morgan fingerprint density at radius 3 is 2.48 bits per heavy atom. The highest BCUT2D eigenvalue weighted by molar-refractivity contribution is 7.08. The molecule has 0 unspecified atom stereocenters. The van der Waals surface area contributed by atoms with Crippen molar-refractivity contribution in [1.29, 1.82) is 5.26 Å². The second-order valence-corrected chi connectivity index (χ2v) is 4.83. The third-order valence-corrected chi connectivity index (χ3v) is 3.30. The summed E-state index contributed by atoms with van der Waals surface area (Å²) < 4.78 is 0. The second kappa shape index (κ2) is 6.50. The molecule has 0 atom stereocenters. The number of aromatic carboxylic acids is 1. The SMILES string of the molecule is N#C/C(=C\c1ccsc1)C(=O)Nc1ccc(C(=O)[O-])cc1. The van der Waals surface area contributed by atoms with E-state index in [4.69, 9.17) is 5.26 Å².